The minimum Gasteiger partial charge on any atom is -0.458 e. The predicted molar refractivity (Wildman–Crippen MR) is 74.6 cm³/mol. The largest absolute Gasteiger partial charge is 0.458 e. The van der Waals surface area contributed by atoms with Crippen LogP contribution in [0.3, 0.4) is 0 Å². The van der Waals surface area contributed by atoms with E-state index in [0.29, 0.717) is 13.2 Å². The first-order valence-corrected chi connectivity index (χ1v) is 8.36. The van der Waals surface area contributed by atoms with E-state index < -0.39 is 15.3 Å². The van der Waals surface area contributed by atoms with Gasteiger partial charge < -0.3 is 13.6 Å². The van der Waals surface area contributed by atoms with Crippen molar-refractivity contribution in [3.8, 4) is 0 Å². The van der Waals surface area contributed by atoms with Crippen LogP contribution in [0.4, 0.5) is 0 Å². The molecule has 4 nitrogen and oxygen atoms in total. The Labute approximate surface area is 112 Å². The topological polar surface area (TPSA) is 44.8 Å². The highest BCUT2D eigenvalue weighted by molar-refractivity contribution is 6.46. The number of ether oxygens (including phenoxy) is 1. The third-order valence-corrected chi connectivity index (χ3v) is 4.49. The van der Waals surface area contributed by atoms with Crippen molar-refractivity contribution in [3.63, 3.8) is 0 Å². The van der Waals surface area contributed by atoms with Gasteiger partial charge >= 0.3 is 15.3 Å². The first kappa shape index (κ1) is 17.3. The van der Waals surface area contributed by atoms with Crippen molar-refractivity contribution in [1.29, 1.82) is 0 Å². The van der Waals surface area contributed by atoms with Crippen molar-refractivity contribution in [1.82, 2.24) is 0 Å². The number of carbonyl (C=O) groups is 1. The van der Waals surface area contributed by atoms with E-state index in [1.807, 2.05) is 0 Å². The minimum absolute atomic E-state index is 0.224. The summed E-state index contributed by atoms with van der Waals surface area (Å²) in [7, 11) is -1.96. The summed E-state index contributed by atoms with van der Waals surface area (Å²) in [5, 5.41) is 0. The highest BCUT2D eigenvalue weighted by Crippen LogP contribution is 2.11. The van der Waals surface area contributed by atoms with E-state index in [-0.39, 0.29) is 5.73 Å². The lowest BCUT2D eigenvalue weighted by atomic mass is 10.3. The Morgan fingerprint density at radius 2 is 1.72 bits per heavy atom. The van der Waals surface area contributed by atoms with Gasteiger partial charge in [-0.2, -0.15) is 0 Å². The Bertz CT molecular complexity index is 225. The van der Waals surface area contributed by atoms with Gasteiger partial charge in [-0.25, -0.2) is 4.79 Å². The summed E-state index contributed by atoms with van der Waals surface area (Å²) in [6.07, 6.45) is 4.78. The van der Waals surface area contributed by atoms with Gasteiger partial charge in [0.25, 0.3) is 0 Å². The first-order chi connectivity index (χ1) is 8.69. The maximum atomic E-state index is 11.3. The molecule has 0 heterocycles. The van der Waals surface area contributed by atoms with E-state index >= 15 is 0 Å². The van der Waals surface area contributed by atoms with Crippen molar-refractivity contribution >= 4 is 15.3 Å². The molecular weight excluding hydrogens is 248 g/mol. The zero-order chi connectivity index (χ0) is 13.8. The van der Waals surface area contributed by atoms with Crippen LogP contribution in [-0.4, -0.2) is 34.2 Å². The second-order valence-corrected chi connectivity index (χ2v) is 6.23. The molecule has 1 unspecified atom stereocenters. The molecule has 0 saturated carbocycles. The Hall–Kier alpha value is -0.653. The summed E-state index contributed by atoms with van der Waals surface area (Å²) < 4.78 is 16.9. The van der Waals surface area contributed by atoms with Gasteiger partial charge in [0.2, 0.25) is 0 Å². The van der Waals surface area contributed by atoms with E-state index in [9.17, 15) is 4.79 Å². The van der Waals surface area contributed by atoms with Crippen LogP contribution in [0.15, 0.2) is 12.7 Å². The average molecular weight is 274 g/mol. The molecule has 0 aromatic heterocycles. The smallest absolute Gasteiger partial charge is 0.363 e. The predicted octanol–water partition coefficient (Wildman–Crippen LogP) is 2.50. The summed E-state index contributed by atoms with van der Waals surface area (Å²) in [5.41, 5.74) is -0.224. The lowest BCUT2D eigenvalue weighted by Crippen LogP contribution is -2.41. The lowest BCUT2D eigenvalue weighted by Gasteiger charge is -2.24. The van der Waals surface area contributed by atoms with Gasteiger partial charge in [-0.3, -0.25) is 0 Å². The van der Waals surface area contributed by atoms with Gasteiger partial charge in [0.1, 0.15) is 5.73 Å². The maximum absolute atomic E-state index is 11.3. The third-order valence-electron chi connectivity index (χ3n) is 2.28. The zero-order valence-electron chi connectivity index (χ0n) is 11.8. The second kappa shape index (κ2) is 11.4. The molecule has 0 N–H and O–H groups in total. The fraction of sp³-hybridized carbons (Fsp3) is 0.769. The van der Waals surface area contributed by atoms with E-state index in [1.165, 1.54) is 6.08 Å². The van der Waals surface area contributed by atoms with Gasteiger partial charge in [-0.15, -0.1) is 0 Å². The van der Waals surface area contributed by atoms with Gasteiger partial charge in [-0.05, 0) is 19.3 Å². The SMILES string of the molecule is C=CC(=O)OC(CCC)[SiH](OCCC)OCCC. The monoisotopic (exact) mass is 274 g/mol. The number of carbonyl (C=O) groups excluding carboxylic acids is 1. The Kier molecular flexibility index (Phi) is 11.0. The summed E-state index contributed by atoms with van der Waals surface area (Å²) in [4.78, 5) is 11.3. The van der Waals surface area contributed by atoms with E-state index in [0.717, 1.165) is 25.7 Å². The lowest BCUT2D eigenvalue weighted by molar-refractivity contribution is -0.141. The summed E-state index contributed by atoms with van der Waals surface area (Å²) in [6.45, 7) is 10.9. The van der Waals surface area contributed by atoms with Crippen LogP contribution in [0, 0.1) is 0 Å². The van der Waals surface area contributed by atoms with E-state index in [4.69, 9.17) is 13.6 Å². The number of hydrogen-bond acceptors (Lipinski definition) is 4. The number of rotatable bonds is 11. The van der Waals surface area contributed by atoms with E-state index in [2.05, 4.69) is 27.4 Å². The quantitative estimate of drug-likeness (QED) is 0.330. The summed E-state index contributed by atoms with van der Waals surface area (Å²) in [6, 6.07) is 0. The molecule has 0 saturated heterocycles. The average Bonchev–Trinajstić information content (AvgIpc) is 2.38. The summed E-state index contributed by atoms with van der Waals surface area (Å²) >= 11 is 0. The van der Waals surface area contributed by atoms with Crippen molar-refractivity contribution < 1.29 is 18.4 Å². The normalized spacial score (nSPS) is 12.4. The Morgan fingerprint density at radius 3 is 2.11 bits per heavy atom. The molecule has 5 heteroatoms. The van der Waals surface area contributed by atoms with Crippen molar-refractivity contribution in [2.45, 2.75) is 52.2 Å². The minimum atomic E-state index is -1.96. The Balaban J connectivity index is 4.49. The van der Waals surface area contributed by atoms with Crippen molar-refractivity contribution in [2.24, 2.45) is 0 Å². The second-order valence-electron chi connectivity index (χ2n) is 4.08. The molecule has 1 atom stereocenters. The molecule has 0 aliphatic heterocycles. The van der Waals surface area contributed by atoms with Crippen LogP contribution in [0.1, 0.15) is 46.5 Å². The number of hydrogen-bond donors (Lipinski definition) is 0. The molecule has 0 rings (SSSR count). The van der Waals surface area contributed by atoms with Crippen molar-refractivity contribution in [3.05, 3.63) is 12.7 Å². The molecule has 0 spiro atoms. The van der Waals surface area contributed by atoms with Crippen LogP contribution in [0.25, 0.3) is 0 Å². The highest BCUT2D eigenvalue weighted by Gasteiger charge is 2.28. The highest BCUT2D eigenvalue weighted by atomic mass is 28.3. The standard InChI is InChI=1S/C13H26O4Si/c1-5-9-13(17-12(14)8-4)18(15-10-6-2)16-11-7-3/h8,13,18H,4-7,9-11H2,1-3H3. The van der Waals surface area contributed by atoms with Gasteiger partial charge in [0, 0.05) is 19.3 Å². The van der Waals surface area contributed by atoms with Crippen LogP contribution in [0.5, 0.6) is 0 Å². The molecule has 0 bridgehead atoms. The molecule has 0 aliphatic rings. The molecule has 0 amide bonds. The van der Waals surface area contributed by atoms with Gasteiger partial charge in [0.05, 0.1) is 0 Å². The molecule has 18 heavy (non-hydrogen) atoms. The first-order valence-electron chi connectivity index (χ1n) is 6.75. The zero-order valence-corrected chi connectivity index (χ0v) is 13.0. The third kappa shape index (κ3) is 7.63. The molecule has 106 valence electrons. The van der Waals surface area contributed by atoms with Crippen LogP contribution in [0.2, 0.25) is 0 Å². The van der Waals surface area contributed by atoms with E-state index in [1.54, 1.807) is 0 Å². The van der Waals surface area contributed by atoms with Crippen LogP contribution >= 0.6 is 0 Å². The maximum Gasteiger partial charge on any atom is 0.363 e. The van der Waals surface area contributed by atoms with Gasteiger partial charge in [-0.1, -0.05) is 33.8 Å². The van der Waals surface area contributed by atoms with Crippen molar-refractivity contribution in [2.75, 3.05) is 13.2 Å². The fourth-order valence-electron chi connectivity index (χ4n) is 1.46. The Morgan fingerprint density at radius 1 is 1.17 bits per heavy atom. The molecule has 0 aliphatic carbocycles. The molecule has 0 aromatic rings. The van der Waals surface area contributed by atoms with Crippen LogP contribution < -0.4 is 0 Å². The molecule has 0 radical (unpaired) electrons. The molecule has 0 aromatic carbocycles. The van der Waals surface area contributed by atoms with Crippen LogP contribution in [-0.2, 0) is 18.4 Å². The molecule has 0 fully saturated rings. The summed E-state index contributed by atoms with van der Waals surface area (Å²) in [5.74, 6) is -0.397. The molecular formula is C13H26O4Si. The fourth-order valence-corrected chi connectivity index (χ4v) is 3.78. The van der Waals surface area contributed by atoms with Gasteiger partial charge in [0.15, 0.2) is 0 Å². The number of esters is 1.